The van der Waals surface area contributed by atoms with Crippen molar-refractivity contribution < 1.29 is 9.47 Å². The molecule has 1 aromatic heterocycles. The average Bonchev–Trinajstić information content (AvgIpc) is 2.71. The molecule has 1 aromatic rings. The lowest BCUT2D eigenvalue weighted by atomic mass is 10.3. The van der Waals surface area contributed by atoms with Gasteiger partial charge in [-0.2, -0.15) is 0 Å². The first-order chi connectivity index (χ1) is 6.88. The Labute approximate surface area is 83.2 Å². The molecule has 0 amide bonds. The van der Waals surface area contributed by atoms with E-state index in [1.165, 1.54) is 0 Å². The molecular weight excluding hydrogens is 180 g/mol. The molecule has 0 bridgehead atoms. The maximum Gasteiger partial charge on any atom is 0.141 e. The highest BCUT2D eigenvalue weighted by atomic mass is 16.5. The van der Waals surface area contributed by atoms with Crippen LogP contribution in [-0.4, -0.2) is 31.3 Å². The third-order valence-electron chi connectivity index (χ3n) is 2.24. The Bertz CT molecular complexity index is 298. The number of aromatic nitrogens is 1. The molecule has 0 aromatic carbocycles. The van der Waals surface area contributed by atoms with E-state index in [-0.39, 0.29) is 6.10 Å². The summed E-state index contributed by atoms with van der Waals surface area (Å²) in [4.78, 5) is 4.03. The fourth-order valence-electron chi connectivity index (χ4n) is 1.50. The number of hydrogen-bond acceptors (Lipinski definition) is 4. The third-order valence-corrected chi connectivity index (χ3v) is 2.24. The maximum absolute atomic E-state index is 5.71. The van der Waals surface area contributed by atoms with Gasteiger partial charge in [0, 0.05) is 12.6 Å². The lowest BCUT2D eigenvalue weighted by molar-refractivity contribution is 0.221. The van der Waals surface area contributed by atoms with Crippen LogP contribution in [0, 0.1) is 0 Å². The summed E-state index contributed by atoms with van der Waals surface area (Å²) in [7, 11) is 1.62. The van der Waals surface area contributed by atoms with Crippen molar-refractivity contribution in [1.29, 1.82) is 0 Å². The topological polar surface area (TPSA) is 43.4 Å². The van der Waals surface area contributed by atoms with Gasteiger partial charge in [-0.1, -0.05) is 0 Å². The molecule has 0 aliphatic carbocycles. The first-order valence-corrected chi connectivity index (χ1v) is 4.75. The van der Waals surface area contributed by atoms with Crippen molar-refractivity contribution >= 4 is 0 Å². The second-order valence-corrected chi connectivity index (χ2v) is 3.29. The van der Waals surface area contributed by atoms with Crippen LogP contribution in [0.2, 0.25) is 0 Å². The molecule has 0 saturated carbocycles. The van der Waals surface area contributed by atoms with Crippen LogP contribution in [0.3, 0.4) is 0 Å². The lowest BCUT2D eigenvalue weighted by Gasteiger charge is -2.12. The van der Waals surface area contributed by atoms with Crippen LogP contribution in [0.5, 0.6) is 11.5 Å². The second-order valence-electron chi connectivity index (χ2n) is 3.29. The van der Waals surface area contributed by atoms with Crippen molar-refractivity contribution in [1.82, 2.24) is 10.3 Å². The Morgan fingerprint density at radius 3 is 3.00 bits per heavy atom. The highest BCUT2D eigenvalue weighted by molar-refractivity contribution is 5.28. The van der Waals surface area contributed by atoms with Crippen molar-refractivity contribution in [2.45, 2.75) is 12.5 Å². The van der Waals surface area contributed by atoms with E-state index in [0.29, 0.717) is 0 Å². The van der Waals surface area contributed by atoms with Crippen molar-refractivity contribution in [2.24, 2.45) is 0 Å². The van der Waals surface area contributed by atoms with Gasteiger partial charge in [0.05, 0.1) is 19.5 Å². The highest BCUT2D eigenvalue weighted by Crippen LogP contribution is 2.19. The summed E-state index contributed by atoms with van der Waals surface area (Å²) in [5, 5.41) is 3.24. The molecule has 0 spiro atoms. The predicted octanol–water partition coefficient (Wildman–Crippen LogP) is 0.831. The Morgan fingerprint density at radius 1 is 1.43 bits per heavy atom. The fraction of sp³-hybridized carbons (Fsp3) is 0.500. The summed E-state index contributed by atoms with van der Waals surface area (Å²) >= 11 is 0. The second kappa shape index (κ2) is 4.28. The van der Waals surface area contributed by atoms with Crippen molar-refractivity contribution in [3.05, 3.63) is 18.5 Å². The number of methoxy groups -OCH3 is 1. The molecule has 2 rings (SSSR count). The van der Waals surface area contributed by atoms with Crippen molar-refractivity contribution in [3.63, 3.8) is 0 Å². The molecule has 4 heteroatoms. The zero-order valence-electron chi connectivity index (χ0n) is 8.19. The van der Waals surface area contributed by atoms with Gasteiger partial charge in [-0.25, -0.2) is 0 Å². The summed E-state index contributed by atoms with van der Waals surface area (Å²) in [6.45, 7) is 1.94. The Balaban J connectivity index is 2.00. The molecule has 1 aliphatic heterocycles. The molecule has 1 aliphatic rings. The number of nitrogens with one attached hydrogen (secondary N) is 1. The van der Waals surface area contributed by atoms with Crippen LogP contribution in [0.1, 0.15) is 6.42 Å². The molecule has 0 unspecified atom stereocenters. The highest BCUT2D eigenvalue weighted by Gasteiger charge is 2.15. The van der Waals surface area contributed by atoms with Gasteiger partial charge < -0.3 is 14.8 Å². The summed E-state index contributed by atoms with van der Waals surface area (Å²) in [6, 6.07) is 1.85. The quantitative estimate of drug-likeness (QED) is 0.774. The number of nitrogens with zero attached hydrogens (tertiary/aromatic N) is 1. The largest absolute Gasteiger partial charge is 0.495 e. The minimum Gasteiger partial charge on any atom is -0.495 e. The fourth-order valence-corrected chi connectivity index (χ4v) is 1.50. The number of hydrogen-bond donors (Lipinski definition) is 1. The first kappa shape index (κ1) is 9.27. The van der Waals surface area contributed by atoms with E-state index in [9.17, 15) is 0 Å². The van der Waals surface area contributed by atoms with Crippen LogP contribution >= 0.6 is 0 Å². The number of pyridine rings is 1. The van der Waals surface area contributed by atoms with Crippen LogP contribution in [0.25, 0.3) is 0 Å². The third kappa shape index (κ3) is 2.14. The first-order valence-electron chi connectivity index (χ1n) is 4.75. The number of rotatable bonds is 3. The molecule has 2 heterocycles. The lowest BCUT2D eigenvalue weighted by Crippen LogP contribution is -2.19. The van der Waals surface area contributed by atoms with Crippen LogP contribution in [0.15, 0.2) is 18.5 Å². The van der Waals surface area contributed by atoms with E-state index in [1.807, 2.05) is 6.07 Å². The van der Waals surface area contributed by atoms with Crippen LogP contribution in [-0.2, 0) is 0 Å². The maximum atomic E-state index is 5.71. The average molecular weight is 194 g/mol. The zero-order valence-corrected chi connectivity index (χ0v) is 8.19. The van der Waals surface area contributed by atoms with Crippen LogP contribution < -0.4 is 14.8 Å². The van der Waals surface area contributed by atoms with E-state index in [2.05, 4.69) is 10.3 Å². The molecule has 0 radical (unpaired) electrons. The van der Waals surface area contributed by atoms with Gasteiger partial charge in [-0.3, -0.25) is 4.98 Å². The van der Waals surface area contributed by atoms with E-state index in [4.69, 9.17) is 9.47 Å². The van der Waals surface area contributed by atoms with Gasteiger partial charge >= 0.3 is 0 Å². The molecule has 1 atom stereocenters. The van der Waals surface area contributed by atoms with Gasteiger partial charge in [-0.05, 0) is 13.0 Å². The molecule has 14 heavy (non-hydrogen) atoms. The van der Waals surface area contributed by atoms with Crippen LogP contribution in [0.4, 0.5) is 0 Å². The standard InChI is InChI=1S/C10H14N2O2/c1-13-9-4-10(7-12-6-9)14-8-2-3-11-5-8/h4,6-8,11H,2-3,5H2,1H3/t8-/m0/s1. The van der Waals surface area contributed by atoms with Gasteiger partial charge in [0.1, 0.15) is 17.6 Å². The SMILES string of the molecule is COc1cncc(O[C@H]2CCNC2)c1. The van der Waals surface area contributed by atoms with Gasteiger partial charge in [0.2, 0.25) is 0 Å². The molecule has 4 nitrogen and oxygen atoms in total. The van der Waals surface area contributed by atoms with Crippen molar-refractivity contribution in [2.75, 3.05) is 20.2 Å². The van der Waals surface area contributed by atoms with Gasteiger partial charge in [0.15, 0.2) is 0 Å². The smallest absolute Gasteiger partial charge is 0.141 e. The van der Waals surface area contributed by atoms with E-state index in [0.717, 1.165) is 31.0 Å². The predicted molar refractivity (Wildman–Crippen MR) is 52.7 cm³/mol. The Hall–Kier alpha value is -1.29. The molecule has 76 valence electrons. The summed E-state index contributed by atoms with van der Waals surface area (Å²) in [5.74, 6) is 1.51. The molecule has 1 N–H and O–H groups in total. The summed E-state index contributed by atoms with van der Waals surface area (Å²) in [5.41, 5.74) is 0. The Kier molecular flexibility index (Phi) is 2.84. The minimum atomic E-state index is 0.268. The van der Waals surface area contributed by atoms with E-state index < -0.39 is 0 Å². The van der Waals surface area contributed by atoms with Gasteiger partial charge in [0.25, 0.3) is 0 Å². The van der Waals surface area contributed by atoms with E-state index >= 15 is 0 Å². The number of ether oxygens (including phenoxy) is 2. The normalized spacial score (nSPS) is 20.8. The molecular formula is C10H14N2O2. The molecule has 1 saturated heterocycles. The van der Waals surface area contributed by atoms with Crippen molar-refractivity contribution in [3.8, 4) is 11.5 Å². The summed E-state index contributed by atoms with van der Waals surface area (Å²) in [6.07, 6.45) is 4.70. The minimum absolute atomic E-state index is 0.268. The molecule has 1 fully saturated rings. The summed E-state index contributed by atoms with van der Waals surface area (Å²) < 4.78 is 10.8. The zero-order chi connectivity index (χ0) is 9.80. The Morgan fingerprint density at radius 2 is 2.29 bits per heavy atom. The van der Waals surface area contributed by atoms with Gasteiger partial charge in [-0.15, -0.1) is 0 Å². The van der Waals surface area contributed by atoms with E-state index in [1.54, 1.807) is 19.5 Å². The monoisotopic (exact) mass is 194 g/mol.